The van der Waals surface area contributed by atoms with E-state index < -0.39 is 5.97 Å². The van der Waals surface area contributed by atoms with Gasteiger partial charge in [0.15, 0.2) is 5.69 Å². The van der Waals surface area contributed by atoms with Crippen molar-refractivity contribution in [2.45, 2.75) is 40.2 Å². The number of aryl methyl sites for hydroxylation is 1. The van der Waals surface area contributed by atoms with Crippen LogP contribution in [-0.2, 0) is 17.7 Å². The number of hydrogen-bond acceptors (Lipinski definition) is 7. The molecule has 8 nitrogen and oxygen atoms in total. The lowest BCUT2D eigenvalue weighted by Gasteiger charge is -2.05. The SMILES string of the molecule is CCCc1c(C(=O)OCC)nnn1Cc1nonc1C. The van der Waals surface area contributed by atoms with Gasteiger partial charge in [-0.05, 0) is 20.3 Å². The van der Waals surface area contributed by atoms with Crippen LogP contribution in [0, 0.1) is 6.92 Å². The first kappa shape index (κ1) is 14.2. The Hall–Kier alpha value is -2.25. The Kier molecular flexibility index (Phi) is 4.44. The summed E-state index contributed by atoms with van der Waals surface area (Å²) < 4.78 is 11.3. The molecule has 20 heavy (non-hydrogen) atoms. The fourth-order valence-corrected chi connectivity index (χ4v) is 1.84. The molecule has 0 aliphatic rings. The van der Waals surface area contributed by atoms with Crippen LogP contribution < -0.4 is 0 Å². The van der Waals surface area contributed by atoms with Crippen molar-refractivity contribution in [3.05, 3.63) is 22.8 Å². The molecule has 0 saturated heterocycles. The second kappa shape index (κ2) is 6.27. The van der Waals surface area contributed by atoms with Crippen molar-refractivity contribution >= 4 is 5.97 Å². The second-order valence-electron chi connectivity index (χ2n) is 4.31. The molecular weight excluding hydrogens is 262 g/mol. The highest BCUT2D eigenvalue weighted by atomic mass is 16.6. The van der Waals surface area contributed by atoms with Crippen molar-refractivity contribution in [2.75, 3.05) is 6.61 Å². The van der Waals surface area contributed by atoms with Crippen LogP contribution >= 0.6 is 0 Å². The lowest BCUT2D eigenvalue weighted by atomic mass is 10.2. The van der Waals surface area contributed by atoms with Gasteiger partial charge in [0, 0.05) is 0 Å². The van der Waals surface area contributed by atoms with Crippen LogP contribution in [0.4, 0.5) is 0 Å². The molecule has 0 N–H and O–H groups in total. The molecule has 0 radical (unpaired) electrons. The Morgan fingerprint density at radius 3 is 2.75 bits per heavy atom. The summed E-state index contributed by atoms with van der Waals surface area (Å²) in [6, 6.07) is 0. The number of carbonyl (C=O) groups excluding carboxylic acids is 1. The van der Waals surface area contributed by atoms with Gasteiger partial charge in [0.25, 0.3) is 0 Å². The molecule has 0 aromatic carbocycles. The summed E-state index contributed by atoms with van der Waals surface area (Å²) >= 11 is 0. The van der Waals surface area contributed by atoms with Gasteiger partial charge in [-0.3, -0.25) is 0 Å². The monoisotopic (exact) mass is 279 g/mol. The smallest absolute Gasteiger partial charge is 0.360 e. The molecule has 0 aliphatic heterocycles. The van der Waals surface area contributed by atoms with Crippen molar-refractivity contribution in [3.8, 4) is 0 Å². The molecule has 0 fully saturated rings. The van der Waals surface area contributed by atoms with E-state index in [-0.39, 0.29) is 5.69 Å². The molecule has 0 atom stereocenters. The number of esters is 1. The molecule has 2 rings (SSSR count). The summed E-state index contributed by atoms with van der Waals surface area (Å²) in [6.45, 7) is 6.26. The molecule has 8 heteroatoms. The highest BCUT2D eigenvalue weighted by molar-refractivity contribution is 5.88. The van der Waals surface area contributed by atoms with Gasteiger partial charge in [0.05, 0.1) is 18.8 Å². The van der Waals surface area contributed by atoms with Gasteiger partial charge in [-0.15, -0.1) is 5.10 Å². The number of carbonyl (C=O) groups is 1. The predicted molar refractivity (Wildman–Crippen MR) is 68.1 cm³/mol. The zero-order valence-electron chi connectivity index (χ0n) is 11.8. The summed E-state index contributed by atoms with van der Waals surface area (Å²) in [6.07, 6.45) is 1.56. The fraction of sp³-hybridized carbons (Fsp3) is 0.583. The Morgan fingerprint density at radius 1 is 1.35 bits per heavy atom. The van der Waals surface area contributed by atoms with Crippen molar-refractivity contribution in [2.24, 2.45) is 0 Å². The quantitative estimate of drug-likeness (QED) is 0.731. The van der Waals surface area contributed by atoms with Crippen LogP contribution in [0.5, 0.6) is 0 Å². The molecule has 2 aromatic heterocycles. The number of ether oxygens (including phenoxy) is 1. The maximum atomic E-state index is 11.8. The Bertz CT molecular complexity index is 590. The van der Waals surface area contributed by atoms with Crippen LogP contribution in [0.15, 0.2) is 4.63 Å². The average Bonchev–Trinajstić information content (AvgIpc) is 2.99. The van der Waals surface area contributed by atoms with Crippen molar-refractivity contribution in [1.29, 1.82) is 0 Å². The lowest BCUT2D eigenvalue weighted by molar-refractivity contribution is 0.0518. The maximum absolute atomic E-state index is 11.8. The molecular formula is C12H17N5O3. The third kappa shape index (κ3) is 2.84. The maximum Gasteiger partial charge on any atom is 0.360 e. The summed E-state index contributed by atoms with van der Waals surface area (Å²) in [4.78, 5) is 11.8. The van der Waals surface area contributed by atoms with Crippen LogP contribution in [-0.4, -0.2) is 37.9 Å². The van der Waals surface area contributed by atoms with E-state index in [1.54, 1.807) is 18.5 Å². The summed E-state index contributed by atoms with van der Waals surface area (Å²) in [5, 5.41) is 15.5. The molecule has 0 bridgehead atoms. The number of hydrogen-bond donors (Lipinski definition) is 0. The first-order valence-corrected chi connectivity index (χ1v) is 6.54. The van der Waals surface area contributed by atoms with Gasteiger partial charge < -0.3 is 4.74 Å². The molecule has 0 saturated carbocycles. The summed E-state index contributed by atoms with van der Waals surface area (Å²) in [5.74, 6) is -0.447. The first-order chi connectivity index (χ1) is 9.67. The van der Waals surface area contributed by atoms with Crippen LogP contribution in [0.3, 0.4) is 0 Å². The topological polar surface area (TPSA) is 95.9 Å². The van der Waals surface area contributed by atoms with Gasteiger partial charge in [-0.25, -0.2) is 14.1 Å². The highest BCUT2D eigenvalue weighted by Crippen LogP contribution is 2.13. The van der Waals surface area contributed by atoms with E-state index in [0.717, 1.165) is 12.1 Å². The van der Waals surface area contributed by atoms with E-state index in [9.17, 15) is 4.79 Å². The number of rotatable bonds is 6. The van der Waals surface area contributed by atoms with Crippen molar-refractivity contribution in [3.63, 3.8) is 0 Å². The summed E-state index contributed by atoms with van der Waals surface area (Å²) in [7, 11) is 0. The van der Waals surface area contributed by atoms with E-state index >= 15 is 0 Å². The summed E-state index contributed by atoms with van der Waals surface area (Å²) in [5.41, 5.74) is 2.37. The van der Waals surface area contributed by atoms with Crippen LogP contribution in [0.2, 0.25) is 0 Å². The molecule has 0 aliphatic carbocycles. The van der Waals surface area contributed by atoms with E-state index in [1.807, 2.05) is 6.92 Å². The van der Waals surface area contributed by atoms with Gasteiger partial charge in [0.1, 0.15) is 11.4 Å². The fourth-order valence-electron chi connectivity index (χ4n) is 1.84. The average molecular weight is 279 g/mol. The van der Waals surface area contributed by atoms with E-state index in [2.05, 4.69) is 25.3 Å². The molecule has 0 amide bonds. The van der Waals surface area contributed by atoms with Gasteiger partial charge >= 0.3 is 5.97 Å². The zero-order chi connectivity index (χ0) is 14.5. The minimum atomic E-state index is -0.447. The zero-order valence-corrected chi connectivity index (χ0v) is 11.8. The molecule has 108 valence electrons. The third-order valence-corrected chi connectivity index (χ3v) is 2.84. The third-order valence-electron chi connectivity index (χ3n) is 2.84. The van der Waals surface area contributed by atoms with Crippen molar-refractivity contribution < 1.29 is 14.2 Å². The number of nitrogens with zero attached hydrogens (tertiary/aromatic N) is 5. The Morgan fingerprint density at radius 2 is 2.15 bits per heavy atom. The largest absolute Gasteiger partial charge is 0.461 e. The number of aromatic nitrogens is 5. The van der Waals surface area contributed by atoms with E-state index in [0.29, 0.717) is 31.0 Å². The van der Waals surface area contributed by atoms with E-state index in [4.69, 9.17) is 4.74 Å². The minimum absolute atomic E-state index is 0.266. The van der Waals surface area contributed by atoms with Crippen molar-refractivity contribution in [1.82, 2.24) is 25.3 Å². The van der Waals surface area contributed by atoms with Gasteiger partial charge in [-0.2, -0.15) is 0 Å². The predicted octanol–water partition coefficient (Wildman–Crippen LogP) is 1.15. The van der Waals surface area contributed by atoms with Gasteiger partial charge in [-0.1, -0.05) is 28.9 Å². The Labute approximate surface area is 116 Å². The van der Waals surface area contributed by atoms with Gasteiger partial charge in [0.2, 0.25) is 0 Å². The molecule has 0 spiro atoms. The highest BCUT2D eigenvalue weighted by Gasteiger charge is 2.21. The first-order valence-electron chi connectivity index (χ1n) is 6.54. The Balaban J connectivity index is 2.29. The molecule has 2 aromatic rings. The second-order valence-corrected chi connectivity index (χ2v) is 4.31. The van der Waals surface area contributed by atoms with Crippen LogP contribution in [0.1, 0.15) is 47.8 Å². The standard InChI is InChI=1S/C12H17N5O3/c1-4-6-10-11(12(18)19-5-2)13-16-17(10)7-9-8(3)14-20-15-9/h4-7H2,1-3H3. The normalized spacial score (nSPS) is 10.8. The van der Waals surface area contributed by atoms with E-state index in [1.165, 1.54) is 0 Å². The minimum Gasteiger partial charge on any atom is -0.461 e. The molecule has 2 heterocycles. The lowest BCUT2D eigenvalue weighted by Crippen LogP contribution is -2.12. The van der Waals surface area contributed by atoms with Crippen LogP contribution in [0.25, 0.3) is 0 Å². The molecule has 0 unspecified atom stereocenters.